The first kappa shape index (κ1) is 27.0. The second kappa shape index (κ2) is 10.5. The molecule has 1 aliphatic heterocycles. The molecule has 0 saturated carbocycles. The van der Waals surface area contributed by atoms with Crippen molar-refractivity contribution in [2.24, 2.45) is 0 Å². The molecule has 1 aliphatic rings. The van der Waals surface area contributed by atoms with Gasteiger partial charge in [-0.1, -0.05) is 32.9 Å². The number of benzene rings is 1. The van der Waals surface area contributed by atoms with Crippen LogP contribution in [0, 0.1) is 6.92 Å². The number of aromatic nitrogens is 6. The molecule has 1 amide bonds. The van der Waals surface area contributed by atoms with Crippen LogP contribution in [0.3, 0.4) is 0 Å². The molecule has 11 heteroatoms. The molecule has 4 aromatic heterocycles. The Morgan fingerprint density at radius 1 is 1.15 bits per heavy atom. The maximum atomic E-state index is 12.7. The molecule has 0 aliphatic carbocycles. The highest BCUT2D eigenvalue weighted by molar-refractivity contribution is 7.13. The van der Waals surface area contributed by atoms with Crippen molar-refractivity contribution in [1.82, 2.24) is 40.3 Å². The normalized spacial score (nSPS) is 13.2. The van der Waals surface area contributed by atoms with Crippen molar-refractivity contribution < 1.29 is 4.79 Å². The quantitative estimate of drug-likeness (QED) is 0.278. The summed E-state index contributed by atoms with van der Waals surface area (Å²) >= 11 is 1.45. The minimum Gasteiger partial charge on any atom is -0.347 e. The van der Waals surface area contributed by atoms with Crippen molar-refractivity contribution >= 4 is 40.7 Å². The fourth-order valence-electron chi connectivity index (χ4n) is 4.75. The molecule has 0 spiro atoms. The second-order valence-electron chi connectivity index (χ2n) is 10.7. The molecule has 39 heavy (non-hydrogen) atoms. The van der Waals surface area contributed by atoms with Crippen molar-refractivity contribution in [3.63, 3.8) is 0 Å². The minimum atomic E-state index is -0.101. The van der Waals surface area contributed by atoms with Gasteiger partial charge < -0.3 is 15.6 Å². The van der Waals surface area contributed by atoms with E-state index in [2.05, 4.69) is 92.3 Å². The number of amides is 1. The predicted octanol–water partition coefficient (Wildman–Crippen LogP) is 5.01. The Kier molecular flexibility index (Phi) is 7.28. The lowest BCUT2D eigenvalue weighted by Crippen LogP contribution is -2.28. The highest BCUT2D eigenvalue weighted by Crippen LogP contribution is 2.32. The summed E-state index contributed by atoms with van der Waals surface area (Å²) in [5.74, 6) is -0.101. The molecule has 202 valence electrons. The van der Waals surface area contributed by atoms with Crippen LogP contribution >= 0.6 is 23.7 Å². The Bertz CT molecular complexity index is 1660. The van der Waals surface area contributed by atoms with Gasteiger partial charge in [-0.3, -0.25) is 9.48 Å². The number of thiazole rings is 1. The SMILES string of the molecule is Cc1cc(-c2ncnc3[nH]c(-c4cnn5c4CNCC5)cc23)ccc1CNC(=O)c1cnc(C(C)(C)C)s1.Cl. The van der Waals surface area contributed by atoms with Gasteiger partial charge in [-0.05, 0) is 30.2 Å². The lowest BCUT2D eigenvalue weighted by Gasteiger charge is -2.15. The zero-order valence-electron chi connectivity index (χ0n) is 22.3. The number of fused-ring (bicyclic) bond motifs is 2. The number of carbonyl (C=O) groups is 1. The molecule has 0 saturated heterocycles. The van der Waals surface area contributed by atoms with Gasteiger partial charge in [-0.15, -0.1) is 23.7 Å². The van der Waals surface area contributed by atoms with Crippen LogP contribution in [0.1, 0.15) is 52.3 Å². The van der Waals surface area contributed by atoms with Crippen LogP contribution in [0.25, 0.3) is 33.5 Å². The van der Waals surface area contributed by atoms with Crippen molar-refractivity contribution in [3.8, 4) is 22.5 Å². The molecule has 9 nitrogen and oxygen atoms in total. The number of hydrogen-bond acceptors (Lipinski definition) is 7. The molecule has 0 bridgehead atoms. The maximum absolute atomic E-state index is 12.7. The highest BCUT2D eigenvalue weighted by Gasteiger charge is 2.21. The van der Waals surface area contributed by atoms with E-state index in [0.717, 1.165) is 69.3 Å². The molecule has 3 N–H and O–H groups in total. The molecule has 0 atom stereocenters. The van der Waals surface area contributed by atoms with Gasteiger partial charge in [0.25, 0.3) is 5.91 Å². The molecular weight excluding hydrogens is 532 g/mol. The van der Waals surface area contributed by atoms with Crippen LogP contribution in [0.4, 0.5) is 0 Å². The summed E-state index contributed by atoms with van der Waals surface area (Å²) in [5.41, 5.74) is 7.98. The topological polar surface area (TPSA) is 113 Å². The Morgan fingerprint density at radius 3 is 2.77 bits per heavy atom. The first-order valence-electron chi connectivity index (χ1n) is 12.7. The summed E-state index contributed by atoms with van der Waals surface area (Å²) in [6, 6.07) is 8.34. The highest BCUT2D eigenvalue weighted by atomic mass is 35.5. The smallest absolute Gasteiger partial charge is 0.263 e. The summed E-state index contributed by atoms with van der Waals surface area (Å²) in [7, 11) is 0. The zero-order chi connectivity index (χ0) is 26.4. The van der Waals surface area contributed by atoms with Crippen LogP contribution in [-0.4, -0.2) is 42.2 Å². The number of halogens is 1. The Morgan fingerprint density at radius 2 is 2.00 bits per heavy atom. The summed E-state index contributed by atoms with van der Waals surface area (Å²) in [5, 5.41) is 12.9. The van der Waals surface area contributed by atoms with Gasteiger partial charge in [-0.25, -0.2) is 15.0 Å². The van der Waals surface area contributed by atoms with Gasteiger partial charge >= 0.3 is 0 Å². The van der Waals surface area contributed by atoms with E-state index in [1.807, 2.05) is 6.20 Å². The number of rotatable bonds is 5. The van der Waals surface area contributed by atoms with Gasteiger partial charge in [0.2, 0.25) is 0 Å². The Balaban J connectivity index is 0.00000308. The zero-order valence-corrected chi connectivity index (χ0v) is 24.0. The number of aromatic amines is 1. The third kappa shape index (κ3) is 5.19. The van der Waals surface area contributed by atoms with Gasteiger partial charge in [0.15, 0.2) is 0 Å². The van der Waals surface area contributed by atoms with Crippen molar-refractivity contribution in [3.05, 3.63) is 69.7 Å². The number of nitrogens with zero attached hydrogens (tertiary/aromatic N) is 5. The fourth-order valence-corrected chi connectivity index (χ4v) is 5.64. The molecule has 0 fully saturated rings. The fraction of sp³-hybridized carbons (Fsp3) is 0.321. The summed E-state index contributed by atoms with van der Waals surface area (Å²) in [6.45, 7) is 11.4. The third-order valence-electron chi connectivity index (χ3n) is 6.88. The minimum absolute atomic E-state index is 0. The average molecular weight is 563 g/mol. The van der Waals surface area contributed by atoms with E-state index >= 15 is 0 Å². The largest absolute Gasteiger partial charge is 0.347 e. The van der Waals surface area contributed by atoms with E-state index in [9.17, 15) is 4.79 Å². The van der Waals surface area contributed by atoms with E-state index in [1.54, 1.807) is 12.5 Å². The van der Waals surface area contributed by atoms with Gasteiger partial charge in [-0.2, -0.15) is 5.10 Å². The van der Waals surface area contributed by atoms with Crippen LogP contribution in [0.15, 0.2) is 43.0 Å². The van der Waals surface area contributed by atoms with E-state index in [-0.39, 0.29) is 23.7 Å². The summed E-state index contributed by atoms with van der Waals surface area (Å²) in [6.07, 6.45) is 5.18. The van der Waals surface area contributed by atoms with E-state index in [1.165, 1.54) is 17.0 Å². The Hall–Kier alpha value is -3.60. The van der Waals surface area contributed by atoms with Crippen LogP contribution in [-0.2, 0) is 25.0 Å². The maximum Gasteiger partial charge on any atom is 0.263 e. The number of hydrogen-bond donors (Lipinski definition) is 3. The first-order chi connectivity index (χ1) is 18.3. The van der Waals surface area contributed by atoms with Gasteiger partial charge in [0.05, 0.1) is 41.0 Å². The van der Waals surface area contributed by atoms with Crippen molar-refractivity contribution in [2.45, 2.75) is 52.7 Å². The van der Waals surface area contributed by atoms with Crippen LogP contribution in [0.2, 0.25) is 0 Å². The molecule has 1 aromatic carbocycles. The average Bonchev–Trinajstić information content (AvgIpc) is 3.65. The van der Waals surface area contributed by atoms with Crippen LogP contribution in [0.5, 0.6) is 0 Å². The number of nitrogens with one attached hydrogen (secondary N) is 3. The van der Waals surface area contributed by atoms with E-state index < -0.39 is 0 Å². The van der Waals surface area contributed by atoms with Crippen LogP contribution < -0.4 is 10.6 Å². The lowest BCUT2D eigenvalue weighted by atomic mass is 9.98. The number of H-pyrrole nitrogens is 1. The van der Waals surface area contributed by atoms with Gasteiger partial charge in [0.1, 0.15) is 16.9 Å². The number of carbonyl (C=O) groups excluding carboxylic acids is 1. The first-order valence-corrected chi connectivity index (χ1v) is 13.5. The second-order valence-corrected chi connectivity index (χ2v) is 11.7. The van der Waals surface area contributed by atoms with Crippen molar-refractivity contribution in [1.29, 1.82) is 0 Å². The molecule has 0 unspecified atom stereocenters. The molecule has 5 heterocycles. The Labute approximate surface area is 236 Å². The third-order valence-corrected chi connectivity index (χ3v) is 8.31. The van der Waals surface area contributed by atoms with E-state index in [0.29, 0.717) is 11.4 Å². The lowest BCUT2D eigenvalue weighted by molar-refractivity contribution is 0.0954. The van der Waals surface area contributed by atoms with Gasteiger partial charge in [0, 0.05) is 41.6 Å². The van der Waals surface area contributed by atoms with Crippen molar-refractivity contribution in [2.75, 3.05) is 6.54 Å². The molecule has 6 rings (SSSR count). The summed E-state index contributed by atoms with van der Waals surface area (Å²) in [4.78, 5) is 30.3. The molecule has 5 aromatic rings. The standard InChI is InChI=1S/C28H30N8OS.ClH/c1-16-9-17(5-6-18(16)11-30-26(37)23-14-31-27(38-23)28(2,3)4)24-19-10-21(35-25(19)33-15-32-24)20-12-34-36-8-7-29-13-22(20)36;/h5-6,9-10,12,14-15,29H,7-8,11,13H2,1-4H3,(H,30,37)(H,32,33,35);1H. The molecule has 0 radical (unpaired) electrons. The number of aryl methyl sites for hydroxylation is 1. The summed E-state index contributed by atoms with van der Waals surface area (Å²) < 4.78 is 2.06. The predicted molar refractivity (Wildman–Crippen MR) is 156 cm³/mol. The monoisotopic (exact) mass is 562 g/mol. The molecular formula is C28H31ClN8OS. The van der Waals surface area contributed by atoms with E-state index in [4.69, 9.17) is 0 Å².